The molecule has 2 rings (SSSR count). The average molecular weight is 299 g/mol. The number of carbonyl (C=O) groups is 2. The van der Waals surface area contributed by atoms with Crippen molar-refractivity contribution in [3.05, 3.63) is 23.0 Å². The van der Waals surface area contributed by atoms with Crippen molar-refractivity contribution in [2.45, 2.75) is 31.7 Å². The summed E-state index contributed by atoms with van der Waals surface area (Å²) in [5, 5.41) is 3.54. The number of amides is 1. The van der Waals surface area contributed by atoms with Crippen LogP contribution in [0.3, 0.4) is 0 Å². The van der Waals surface area contributed by atoms with Gasteiger partial charge in [-0.15, -0.1) is 0 Å². The molecule has 0 atom stereocenters. The molecule has 20 heavy (non-hydrogen) atoms. The number of aromatic nitrogens is 1. The molecule has 110 valence electrons. The summed E-state index contributed by atoms with van der Waals surface area (Å²) in [7, 11) is 3.20. The van der Waals surface area contributed by atoms with E-state index < -0.39 is 0 Å². The molecule has 5 nitrogen and oxygen atoms in total. The SMILES string of the molecule is COC(=O)C1CCC(NC(=O)c2cc(Cl)cn2C)CC1. The van der Waals surface area contributed by atoms with E-state index in [1.54, 1.807) is 23.9 Å². The zero-order chi connectivity index (χ0) is 14.7. The minimum absolute atomic E-state index is 0.0300. The lowest BCUT2D eigenvalue weighted by Gasteiger charge is -2.27. The molecule has 1 amide bonds. The van der Waals surface area contributed by atoms with Crippen LogP contribution in [-0.4, -0.2) is 29.6 Å². The molecule has 0 saturated heterocycles. The van der Waals surface area contributed by atoms with Gasteiger partial charge in [0, 0.05) is 19.3 Å². The highest BCUT2D eigenvalue weighted by molar-refractivity contribution is 6.31. The van der Waals surface area contributed by atoms with Crippen LogP contribution >= 0.6 is 11.6 Å². The number of nitrogens with one attached hydrogen (secondary N) is 1. The summed E-state index contributed by atoms with van der Waals surface area (Å²) in [5.74, 6) is -0.303. The van der Waals surface area contributed by atoms with Crippen molar-refractivity contribution in [1.82, 2.24) is 9.88 Å². The molecule has 1 aromatic heterocycles. The van der Waals surface area contributed by atoms with Crippen molar-refractivity contribution in [2.24, 2.45) is 13.0 Å². The number of esters is 1. The van der Waals surface area contributed by atoms with Crippen molar-refractivity contribution >= 4 is 23.5 Å². The number of aryl methyl sites for hydroxylation is 1. The van der Waals surface area contributed by atoms with Crippen LogP contribution in [0.4, 0.5) is 0 Å². The van der Waals surface area contributed by atoms with E-state index in [1.165, 1.54) is 7.11 Å². The summed E-state index contributed by atoms with van der Waals surface area (Å²) >= 11 is 5.87. The monoisotopic (exact) mass is 298 g/mol. The van der Waals surface area contributed by atoms with E-state index in [0.717, 1.165) is 25.7 Å². The average Bonchev–Trinajstić information content (AvgIpc) is 2.78. The maximum Gasteiger partial charge on any atom is 0.308 e. The van der Waals surface area contributed by atoms with Gasteiger partial charge >= 0.3 is 5.97 Å². The number of halogens is 1. The maximum absolute atomic E-state index is 12.1. The van der Waals surface area contributed by atoms with Crippen LogP contribution in [0.2, 0.25) is 5.02 Å². The molecule has 0 radical (unpaired) electrons. The highest BCUT2D eigenvalue weighted by Gasteiger charge is 2.28. The van der Waals surface area contributed by atoms with E-state index in [1.807, 2.05) is 0 Å². The Morgan fingerprint density at radius 2 is 2.00 bits per heavy atom. The first kappa shape index (κ1) is 14.9. The van der Waals surface area contributed by atoms with Crippen LogP contribution in [0.25, 0.3) is 0 Å². The molecule has 6 heteroatoms. The van der Waals surface area contributed by atoms with Gasteiger partial charge in [-0.3, -0.25) is 9.59 Å². The molecule has 0 aromatic carbocycles. The van der Waals surface area contributed by atoms with Gasteiger partial charge in [0.25, 0.3) is 5.91 Å². The van der Waals surface area contributed by atoms with Crippen LogP contribution in [0.1, 0.15) is 36.2 Å². The number of hydrogen-bond donors (Lipinski definition) is 1. The van der Waals surface area contributed by atoms with Gasteiger partial charge in [0.2, 0.25) is 0 Å². The molecule has 1 aliphatic carbocycles. The maximum atomic E-state index is 12.1. The number of ether oxygens (including phenoxy) is 1. The zero-order valence-corrected chi connectivity index (χ0v) is 12.4. The fraction of sp³-hybridized carbons (Fsp3) is 0.571. The molecular formula is C14H19ClN2O3. The molecular weight excluding hydrogens is 280 g/mol. The lowest BCUT2D eigenvalue weighted by molar-refractivity contribution is -0.146. The zero-order valence-electron chi connectivity index (χ0n) is 11.7. The van der Waals surface area contributed by atoms with Crippen LogP contribution in [-0.2, 0) is 16.6 Å². The second-order valence-electron chi connectivity index (χ2n) is 5.20. The summed E-state index contributed by atoms with van der Waals surface area (Å²) in [6.45, 7) is 0. The van der Waals surface area contributed by atoms with E-state index >= 15 is 0 Å². The Morgan fingerprint density at radius 1 is 1.35 bits per heavy atom. The second kappa shape index (κ2) is 6.31. The third kappa shape index (κ3) is 3.33. The second-order valence-corrected chi connectivity index (χ2v) is 5.64. The van der Waals surface area contributed by atoms with Gasteiger partial charge in [-0.25, -0.2) is 0 Å². The van der Waals surface area contributed by atoms with Gasteiger partial charge in [-0.2, -0.15) is 0 Å². The van der Waals surface area contributed by atoms with E-state index in [4.69, 9.17) is 16.3 Å². The van der Waals surface area contributed by atoms with Crippen LogP contribution in [0, 0.1) is 5.92 Å². The molecule has 1 N–H and O–H groups in total. The summed E-state index contributed by atoms with van der Waals surface area (Å²) in [6, 6.07) is 1.76. The van der Waals surface area contributed by atoms with Crippen molar-refractivity contribution in [3.8, 4) is 0 Å². The Balaban J connectivity index is 1.88. The number of nitrogens with zero attached hydrogens (tertiary/aromatic N) is 1. The lowest BCUT2D eigenvalue weighted by atomic mass is 9.86. The van der Waals surface area contributed by atoms with Crippen molar-refractivity contribution in [3.63, 3.8) is 0 Å². The predicted octanol–water partition coefficient (Wildman–Crippen LogP) is 2.14. The highest BCUT2D eigenvalue weighted by Crippen LogP contribution is 2.25. The van der Waals surface area contributed by atoms with Gasteiger partial charge < -0.3 is 14.6 Å². The van der Waals surface area contributed by atoms with E-state index in [-0.39, 0.29) is 23.8 Å². The van der Waals surface area contributed by atoms with Gasteiger partial charge in [0.1, 0.15) is 5.69 Å². The molecule has 1 heterocycles. The van der Waals surface area contributed by atoms with Gasteiger partial charge in [0.05, 0.1) is 18.1 Å². The normalized spacial score (nSPS) is 22.4. The topological polar surface area (TPSA) is 60.3 Å². The molecule has 0 spiro atoms. The number of rotatable bonds is 3. The molecule has 1 saturated carbocycles. The Labute approximate surface area is 123 Å². The third-order valence-corrected chi connectivity index (χ3v) is 4.01. The predicted molar refractivity (Wildman–Crippen MR) is 75.7 cm³/mol. The Bertz CT molecular complexity index is 505. The largest absolute Gasteiger partial charge is 0.469 e. The minimum atomic E-state index is -0.149. The Kier molecular flexibility index (Phi) is 4.70. The Hall–Kier alpha value is -1.49. The van der Waals surface area contributed by atoms with E-state index in [2.05, 4.69) is 5.32 Å². The lowest BCUT2D eigenvalue weighted by Crippen LogP contribution is -2.39. The quantitative estimate of drug-likeness (QED) is 0.870. The van der Waals surface area contributed by atoms with Crippen molar-refractivity contribution in [2.75, 3.05) is 7.11 Å². The third-order valence-electron chi connectivity index (χ3n) is 3.80. The molecule has 1 fully saturated rings. The summed E-state index contributed by atoms with van der Waals surface area (Å²) < 4.78 is 6.46. The molecule has 0 bridgehead atoms. The molecule has 0 unspecified atom stereocenters. The van der Waals surface area contributed by atoms with Crippen LogP contribution < -0.4 is 5.32 Å². The molecule has 1 aliphatic rings. The van der Waals surface area contributed by atoms with E-state index in [9.17, 15) is 9.59 Å². The Morgan fingerprint density at radius 3 is 2.50 bits per heavy atom. The highest BCUT2D eigenvalue weighted by atomic mass is 35.5. The van der Waals surface area contributed by atoms with Gasteiger partial charge in [-0.1, -0.05) is 11.6 Å². The minimum Gasteiger partial charge on any atom is -0.469 e. The fourth-order valence-electron chi connectivity index (χ4n) is 2.65. The summed E-state index contributed by atoms with van der Waals surface area (Å²) in [4.78, 5) is 23.6. The first-order chi connectivity index (χ1) is 9.51. The number of hydrogen-bond acceptors (Lipinski definition) is 3. The van der Waals surface area contributed by atoms with E-state index in [0.29, 0.717) is 10.7 Å². The number of methoxy groups -OCH3 is 1. The summed E-state index contributed by atoms with van der Waals surface area (Å²) in [5.41, 5.74) is 0.546. The van der Waals surface area contributed by atoms with Crippen molar-refractivity contribution in [1.29, 1.82) is 0 Å². The first-order valence-corrected chi connectivity index (χ1v) is 7.09. The molecule has 1 aromatic rings. The van der Waals surface area contributed by atoms with Crippen molar-refractivity contribution < 1.29 is 14.3 Å². The molecule has 0 aliphatic heterocycles. The first-order valence-electron chi connectivity index (χ1n) is 6.71. The van der Waals surface area contributed by atoms with Crippen LogP contribution in [0.15, 0.2) is 12.3 Å². The smallest absolute Gasteiger partial charge is 0.308 e. The standard InChI is InChI=1S/C14H19ClN2O3/c1-17-8-10(15)7-12(17)13(18)16-11-5-3-9(4-6-11)14(19)20-2/h7-9,11H,3-6H2,1-2H3,(H,16,18). The number of carbonyl (C=O) groups excluding carboxylic acids is 2. The fourth-order valence-corrected chi connectivity index (χ4v) is 2.90. The van der Waals surface area contributed by atoms with Gasteiger partial charge in [-0.05, 0) is 31.7 Å². The van der Waals surface area contributed by atoms with Crippen LogP contribution in [0.5, 0.6) is 0 Å². The summed E-state index contributed by atoms with van der Waals surface area (Å²) in [6.07, 6.45) is 4.80. The van der Waals surface area contributed by atoms with Gasteiger partial charge in [0.15, 0.2) is 0 Å².